The molecule has 2 atom stereocenters. The van der Waals surface area contributed by atoms with Crippen molar-refractivity contribution in [3.05, 3.63) is 12.2 Å². The molecule has 9 heteroatoms. The Balaban J connectivity index is 1.42. The minimum absolute atomic E-state index is 0.00270. The number of fused-ring (bicyclic) bond motifs is 1. The molecule has 4 aliphatic heterocycles. The summed E-state index contributed by atoms with van der Waals surface area (Å²) in [6.45, 7) is 6.43. The summed E-state index contributed by atoms with van der Waals surface area (Å²) in [5.41, 5.74) is -0.592. The van der Waals surface area contributed by atoms with E-state index in [-0.39, 0.29) is 42.1 Å². The van der Waals surface area contributed by atoms with E-state index in [1.54, 1.807) is 11.8 Å². The largest absolute Gasteiger partial charge is 0.351 e. The zero-order chi connectivity index (χ0) is 24.1. The maximum Gasteiger partial charge on any atom is 0.239 e. The number of rotatable bonds is 2. The molecule has 188 valence electrons. The second kappa shape index (κ2) is 10.9. The maximum absolute atomic E-state index is 13.1. The fraction of sp³-hybridized carbons (Fsp3) is 0.760. The molecule has 9 nitrogen and oxygen atoms in total. The van der Waals surface area contributed by atoms with Crippen LogP contribution in [-0.4, -0.2) is 96.7 Å². The van der Waals surface area contributed by atoms with Crippen molar-refractivity contribution in [2.24, 2.45) is 11.3 Å². The van der Waals surface area contributed by atoms with Crippen LogP contribution in [0.5, 0.6) is 0 Å². The van der Waals surface area contributed by atoms with Gasteiger partial charge in [-0.3, -0.25) is 24.1 Å². The second-order valence-electron chi connectivity index (χ2n) is 10.4. The van der Waals surface area contributed by atoms with E-state index in [0.717, 1.165) is 25.9 Å². The molecule has 3 saturated heterocycles. The van der Waals surface area contributed by atoms with Crippen LogP contribution in [0.3, 0.4) is 0 Å². The third kappa shape index (κ3) is 5.79. The number of allylic oxidation sites excluding steroid dienone is 2. The van der Waals surface area contributed by atoms with Crippen LogP contribution < -0.4 is 10.6 Å². The van der Waals surface area contributed by atoms with Crippen LogP contribution in [0.2, 0.25) is 0 Å². The van der Waals surface area contributed by atoms with Crippen LogP contribution >= 0.6 is 0 Å². The number of hydrogen-bond acceptors (Lipinski definition) is 5. The average molecular weight is 474 g/mol. The second-order valence-corrected chi connectivity index (χ2v) is 10.4. The van der Waals surface area contributed by atoms with E-state index in [9.17, 15) is 19.2 Å². The van der Waals surface area contributed by atoms with Crippen LogP contribution in [0.15, 0.2) is 12.2 Å². The van der Waals surface area contributed by atoms with Crippen LogP contribution in [0.4, 0.5) is 0 Å². The van der Waals surface area contributed by atoms with E-state index in [0.29, 0.717) is 52.0 Å². The van der Waals surface area contributed by atoms with Crippen molar-refractivity contribution in [2.45, 2.75) is 57.9 Å². The Morgan fingerprint density at radius 2 is 1.76 bits per heavy atom. The molecule has 4 rings (SSSR count). The lowest BCUT2D eigenvalue weighted by Gasteiger charge is -2.41. The molecule has 4 heterocycles. The molecule has 2 N–H and O–H groups in total. The number of nitrogens with zero attached hydrogens (tertiary/aromatic N) is 3. The third-order valence-electron chi connectivity index (χ3n) is 8.16. The molecule has 0 bridgehead atoms. The van der Waals surface area contributed by atoms with Crippen molar-refractivity contribution < 1.29 is 19.2 Å². The first-order valence-corrected chi connectivity index (χ1v) is 12.8. The molecular formula is C25H39N5O4. The first-order chi connectivity index (χ1) is 16.4. The molecule has 3 fully saturated rings. The Hall–Kier alpha value is -2.42. The van der Waals surface area contributed by atoms with Crippen LogP contribution in [0.25, 0.3) is 0 Å². The number of carbonyl (C=O) groups excluding carboxylic acids is 4. The molecule has 0 unspecified atom stereocenters. The molecule has 0 aromatic rings. The number of carbonyl (C=O) groups is 4. The van der Waals surface area contributed by atoms with Crippen LogP contribution in [0.1, 0.15) is 51.9 Å². The molecule has 4 aliphatic rings. The molecule has 0 saturated carbocycles. The molecule has 0 aromatic carbocycles. The van der Waals surface area contributed by atoms with Gasteiger partial charge in [0.1, 0.15) is 0 Å². The standard InChI is InChI=1S/C25H39N5O4/c1-19(31)29-14-9-25(10-15-29)8-3-2-6-20-17-30(23(33)18-28-11-4-5-12-28)13-7-21(20)27-22(32)16-26-24(25)34/h2-3,20-21H,4-18H2,1H3,(H,26,34)(H,27,32)/b3-2+/t20-,21+/m0/s1. The highest BCUT2D eigenvalue weighted by Crippen LogP contribution is 2.36. The predicted molar refractivity (Wildman–Crippen MR) is 128 cm³/mol. The Kier molecular flexibility index (Phi) is 7.91. The normalized spacial score (nSPS) is 29.4. The topological polar surface area (TPSA) is 102 Å². The molecule has 4 amide bonds. The van der Waals surface area contributed by atoms with Crippen LogP contribution in [-0.2, 0) is 19.2 Å². The molecule has 0 radical (unpaired) electrons. The Labute approximate surface area is 202 Å². The minimum Gasteiger partial charge on any atom is -0.351 e. The molecule has 0 aromatic heterocycles. The SMILES string of the molecule is CC(=O)N1CCC2(C/C=C/C[C@H]3CN(C(=O)CN4CCCC4)CC[C@H]3NC(=O)CNC2=O)CC1. The van der Waals surface area contributed by atoms with E-state index in [1.807, 2.05) is 4.90 Å². The Morgan fingerprint density at radius 3 is 2.47 bits per heavy atom. The smallest absolute Gasteiger partial charge is 0.239 e. The van der Waals surface area contributed by atoms with Gasteiger partial charge >= 0.3 is 0 Å². The summed E-state index contributed by atoms with van der Waals surface area (Å²) < 4.78 is 0. The molecular weight excluding hydrogens is 434 g/mol. The maximum atomic E-state index is 13.1. The summed E-state index contributed by atoms with van der Waals surface area (Å²) in [6, 6.07) is -0.00270. The Morgan fingerprint density at radius 1 is 1.03 bits per heavy atom. The van der Waals surface area contributed by atoms with Crippen molar-refractivity contribution in [3.63, 3.8) is 0 Å². The number of amides is 4. The summed E-state index contributed by atoms with van der Waals surface area (Å²) in [6.07, 6.45) is 9.82. The summed E-state index contributed by atoms with van der Waals surface area (Å²) >= 11 is 0. The van der Waals surface area contributed by atoms with Crippen molar-refractivity contribution in [2.75, 3.05) is 52.4 Å². The number of likely N-dealkylation sites (tertiary alicyclic amines) is 3. The highest BCUT2D eigenvalue weighted by Gasteiger charge is 2.41. The van der Waals surface area contributed by atoms with E-state index in [2.05, 4.69) is 27.7 Å². The monoisotopic (exact) mass is 473 g/mol. The van der Waals surface area contributed by atoms with Crippen molar-refractivity contribution in [1.82, 2.24) is 25.3 Å². The quantitative estimate of drug-likeness (QED) is 0.569. The summed E-state index contributed by atoms with van der Waals surface area (Å²) in [5.74, 6) is 0.0915. The van der Waals surface area contributed by atoms with Gasteiger partial charge in [-0.25, -0.2) is 0 Å². The van der Waals surface area contributed by atoms with Gasteiger partial charge in [0.2, 0.25) is 23.6 Å². The zero-order valence-corrected chi connectivity index (χ0v) is 20.4. The molecule has 1 spiro atoms. The van der Waals surface area contributed by atoms with E-state index < -0.39 is 5.41 Å². The van der Waals surface area contributed by atoms with E-state index >= 15 is 0 Å². The van der Waals surface area contributed by atoms with Crippen molar-refractivity contribution >= 4 is 23.6 Å². The zero-order valence-electron chi connectivity index (χ0n) is 20.4. The van der Waals surface area contributed by atoms with Crippen molar-refractivity contribution in [3.8, 4) is 0 Å². The number of piperidine rings is 2. The van der Waals surface area contributed by atoms with Gasteiger partial charge < -0.3 is 20.4 Å². The van der Waals surface area contributed by atoms with Gasteiger partial charge in [-0.1, -0.05) is 12.2 Å². The summed E-state index contributed by atoms with van der Waals surface area (Å²) in [7, 11) is 0. The van der Waals surface area contributed by atoms with Gasteiger partial charge in [0.05, 0.1) is 18.5 Å². The van der Waals surface area contributed by atoms with Gasteiger partial charge in [-0.05, 0) is 58.0 Å². The average Bonchev–Trinajstić information content (AvgIpc) is 3.33. The fourth-order valence-corrected chi connectivity index (χ4v) is 5.88. The Bertz CT molecular complexity index is 814. The fourth-order valence-electron chi connectivity index (χ4n) is 5.88. The van der Waals surface area contributed by atoms with E-state index in [4.69, 9.17) is 0 Å². The number of nitrogens with one attached hydrogen (secondary N) is 2. The van der Waals surface area contributed by atoms with Gasteiger partial charge in [0.25, 0.3) is 0 Å². The van der Waals surface area contributed by atoms with Gasteiger partial charge in [-0.15, -0.1) is 0 Å². The van der Waals surface area contributed by atoms with E-state index in [1.165, 1.54) is 12.8 Å². The first-order valence-electron chi connectivity index (χ1n) is 12.8. The number of hydrogen-bond donors (Lipinski definition) is 2. The van der Waals surface area contributed by atoms with Gasteiger partial charge in [-0.2, -0.15) is 0 Å². The lowest BCUT2D eigenvalue weighted by molar-refractivity contribution is -0.140. The summed E-state index contributed by atoms with van der Waals surface area (Å²) in [4.78, 5) is 56.4. The van der Waals surface area contributed by atoms with Crippen LogP contribution in [0, 0.1) is 11.3 Å². The lowest BCUT2D eigenvalue weighted by atomic mass is 9.74. The predicted octanol–water partition coefficient (Wildman–Crippen LogP) is 0.510. The summed E-state index contributed by atoms with van der Waals surface area (Å²) in [5, 5.41) is 5.97. The highest BCUT2D eigenvalue weighted by atomic mass is 16.2. The molecule has 0 aliphatic carbocycles. The van der Waals surface area contributed by atoms with Crippen molar-refractivity contribution in [1.29, 1.82) is 0 Å². The first kappa shape index (κ1) is 24.7. The van der Waals surface area contributed by atoms with Gasteiger partial charge in [0, 0.05) is 45.1 Å². The van der Waals surface area contributed by atoms with Gasteiger partial charge in [0.15, 0.2) is 0 Å². The third-order valence-corrected chi connectivity index (χ3v) is 8.16. The minimum atomic E-state index is -0.592. The lowest BCUT2D eigenvalue weighted by Crippen LogP contribution is -2.56. The molecule has 34 heavy (non-hydrogen) atoms. The highest BCUT2D eigenvalue weighted by molar-refractivity contribution is 5.88.